The van der Waals surface area contributed by atoms with Crippen molar-refractivity contribution in [3.05, 3.63) is 65.2 Å². The highest BCUT2D eigenvalue weighted by Crippen LogP contribution is 2.26. The molecule has 19 heavy (non-hydrogen) atoms. The van der Waals surface area contributed by atoms with Gasteiger partial charge in [0, 0.05) is 16.2 Å². The van der Waals surface area contributed by atoms with Gasteiger partial charge in [0.05, 0.1) is 0 Å². The summed E-state index contributed by atoms with van der Waals surface area (Å²) in [6.07, 6.45) is 0. The van der Waals surface area contributed by atoms with Crippen LogP contribution in [-0.4, -0.2) is 5.84 Å². The summed E-state index contributed by atoms with van der Waals surface area (Å²) in [6, 6.07) is 10.8. The first-order valence-electron chi connectivity index (χ1n) is 5.58. The van der Waals surface area contributed by atoms with Crippen LogP contribution in [0.15, 0.2) is 47.4 Å². The smallest absolute Gasteiger partial charge is 0.136 e. The monoisotopic (exact) mass is 278 g/mol. The zero-order chi connectivity index (χ0) is 13.8. The second-order valence-electron chi connectivity index (χ2n) is 3.94. The van der Waals surface area contributed by atoms with Gasteiger partial charge in [0.25, 0.3) is 0 Å². The van der Waals surface area contributed by atoms with Gasteiger partial charge in [-0.05, 0) is 23.8 Å². The van der Waals surface area contributed by atoms with Crippen LogP contribution in [0.1, 0.15) is 11.1 Å². The Balaban J connectivity index is 2.12. The quantitative estimate of drug-likeness (QED) is 0.510. The van der Waals surface area contributed by atoms with Gasteiger partial charge in [-0.2, -0.15) is 0 Å². The van der Waals surface area contributed by atoms with Gasteiger partial charge in [-0.15, -0.1) is 11.8 Å². The van der Waals surface area contributed by atoms with E-state index in [0.717, 1.165) is 0 Å². The average molecular weight is 278 g/mol. The molecular weight excluding hydrogens is 266 g/mol. The summed E-state index contributed by atoms with van der Waals surface area (Å²) in [5.74, 6) is -0.595. The molecule has 0 spiro atoms. The van der Waals surface area contributed by atoms with Crippen molar-refractivity contribution in [3.8, 4) is 0 Å². The number of hydrogen-bond acceptors (Lipinski definition) is 2. The second-order valence-corrected chi connectivity index (χ2v) is 4.96. The molecule has 0 aromatic heterocycles. The Kier molecular flexibility index (Phi) is 4.16. The summed E-state index contributed by atoms with van der Waals surface area (Å²) in [6.45, 7) is 0. The molecule has 0 aliphatic carbocycles. The Morgan fingerprint density at radius 1 is 1.11 bits per heavy atom. The van der Waals surface area contributed by atoms with Gasteiger partial charge in [0.1, 0.15) is 17.5 Å². The molecule has 0 heterocycles. The predicted octanol–water partition coefficient (Wildman–Crippen LogP) is 3.54. The first kappa shape index (κ1) is 13.5. The third-order valence-corrected chi connectivity index (χ3v) is 3.68. The van der Waals surface area contributed by atoms with Crippen molar-refractivity contribution < 1.29 is 8.78 Å². The fourth-order valence-electron chi connectivity index (χ4n) is 1.55. The van der Waals surface area contributed by atoms with Gasteiger partial charge in [-0.1, -0.05) is 24.3 Å². The molecule has 0 amide bonds. The second kappa shape index (κ2) is 5.84. The normalized spacial score (nSPS) is 10.4. The van der Waals surface area contributed by atoms with Gasteiger partial charge in [0.15, 0.2) is 0 Å². The van der Waals surface area contributed by atoms with Crippen molar-refractivity contribution in [2.45, 2.75) is 10.6 Å². The summed E-state index contributed by atoms with van der Waals surface area (Å²) in [7, 11) is 0. The zero-order valence-corrected chi connectivity index (χ0v) is 10.8. The fourth-order valence-corrected chi connectivity index (χ4v) is 2.48. The molecule has 0 atom stereocenters. The molecule has 0 fully saturated rings. The summed E-state index contributed by atoms with van der Waals surface area (Å²) in [4.78, 5) is 0.484. The van der Waals surface area contributed by atoms with E-state index in [9.17, 15) is 8.78 Å². The van der Waals surface area contributed by atoms with Gasteiger partial charge in [0.2, 0.25) is 0 Å². The molecular formula is C14H12F2N2S. The highest BCUT2D eigenvalue weighted by Gasteiger charge is 2.07. The van der Waals surface area contributed by atoms with Crippen LogP contribution in [0.4, 0.5) is 8.78 Å². The molecule has 5 heteroatoms. The lowest BCUT2D eigenvalue weighted by Crippen LogP contribution is -2.11. The molecule has 0 unspecified atom stereocenters. The zero-order valence-electron chi connectivity index (χ0n) is 9.99. The minimum Gasteiger partial charge on any atom is -0.384 e. The van der Waals surface area contributed by atoms with E-state index in [4.69, 9.17) is 11.1 Å². The number of benzene rings is 2. The average Bonchev–Trinajstić information content (AvgIpc) is 2.39. The van der Waals surface area contributed by atoms with E-state index in [-0.39, 0.29) is 11.7 Å². The number of rotatable bonds is 4. The van der Waals surface area contributed by atoms with Crippen LogP contribution < -0.4 is 5.73 Å². The van der Waals surface area contributed by atoms with Crippen molar-refractivity contribution in [3.63, 3.8) is 0 Å². The lowest BCUT2D eigenvalue weighted by molar-refractivity contribution is 0.601. The minimum atomic E-state index is -0.434. The summed E-state index contributed by atoms with van der Waals surface area (Å²) in [5.41, 5.74) is 6.08. The number of hydrogen-bond donors (Lipinski definition) is 2. The van der Waals surface area contributed by atoms with E-state index in [2.05, 4.69) is 0 Å². The van der Waals surface area contributed by atoms with Crippen LogP contribution in [0.25, 0.3) is 0 Å². The molecule has 2 aromatic rings. The Morgan fingerprint density at radius 2 is 1.84 bits per heavy atom. The molecule has 0 saturated carbocycles. The maximum atomic E-state index is 13.8. The Hall–Kier alpha value is -1.88. The van der Waals surface area contributed by atoms with Crippen molar-refractivity contribution in [2.24, 2.45) is 5.73 Å². The van der Waals surface area contributed by atoms with Crippen LogP contribution in [-0.2, 0) is 5.75 Å². The SMILES string of the molecule is N=C(N)c1ccc(CSc2ccccc2F)c(F)c1. The number of halogens is 2. The van der Waals surface area contributed by atoms with Crippen molar-refractivity contribution in [1.82, 2.24) is 0 Å². The molecule has 0 aliphatic heterocycles. The minimum absolute atomic E-state index is 0.174. The topological polar surface area (TPSA) is 49.9 Å². The van der Waals surface area contributed by atoms with Crippen molar-refractivity contribution in [1.29, 1.82) is 5.41 Å². The van der Waals surface area contributed by atoms with Gasteiger partial charge in [-0.25, -0.2) is 8.78 Å². The molecule has 2 aromatic carbocycles. The molecule has 0 aliphatic rings. The molecule has 0 bridgehead atoms. The highest BCUT2D eigenvalue weighted by atomic mass is 32.2. The van der Waals surface area contributed by atoms with Crippen LogP contribution in [0.2, 0.25) is 0 Å². The fraction of sp³-hybridized carbons (Fsp3) is 0.0714. The summed E-state index contributed by atoms with van der Waals surface area (Å²) >= 11 is 1.23. The number of nitrogens with two attached hydrogens (primary N) is 1. The molecule has 0 radical (unpaired) electrons. The Bertz CT molecular complexity index is 614. The third kappa shape index (κ3) is 3.32. The highest BCUT2D eigenvalue weighted by molar-refractivity contribution is 7.98. The Morgan fingerprint density at radius 3 is 2.47 bits per heavy atom. The van der Waals surface area contributed by atoms with Gasteiger partial charge >= 0.3 is 0 Å². The van der Waals surface area contributed by atoms with E-state index >= 15 is 0 Å². The molecule has 2 rings (SSSR count). The first-order chi connectivity index (χ1) is 9.08. The number of amidine groups is 1. The number of thioether (sulfide) groups is 1. The Labute approximate surface area is 114 Å². The lowest BCUT2D eigenvalue weighted by Gasteiger charge is -2.06. The summed E-state index contributed by atoms with van der Waals surface area (Å²) in [5, 5.41) is 7.22. The molecule has 0 saturated heterocycles. The van der Waals surface area contributed by atoms with Gasteiger partial charge < -0.3 is 5.73 Å². The van der Waals surface area contributed by atoms with Crippen LogP contribution in [0.5, 0.6) is 0 Å². The molecule has 3 N–H and O–H groups in total. The molecule has 2 nitrogen and oxygen atoms in total. The van der Waals surface area contributed by atoms with E-state index in [0.29, 0.717) is 21.8 Å². The predicted molar refractivity (Wildman–Crippen MR) is 73.4 cm³/mol. The standard InChI is InChI=1S/C14H12F2N2S/c15-11-3-1-2-4-13(11)19-8-10-6-5-9(14(17)18)7-12(10)16/h1-7H,8H2,(H3,17,18). The van der Waals surface area contributed by atoms with Crippen molar-refractivity contribution >= 4 is 17.6 Å². The summed E-state index contributed by atoms with van der Waals surface area (Å²) < 4.78 is 27.2. The van der Waals surface area contributed by atoms with Crippen LogP contribution >= 0.6 is 11.8 Å². The number of nitrogen functional groups attached to an aromatic ring is 1. The third-order valence-electron chi connectivity index (χ3n) is 2.58. The van der Waals surface area contributed by atoms with E-state index in [1.54, 1.807) is 30.3 Å². The first-order valence-corrected chi connectivity index (χ1v) is 6.56. The molecule has 98 valence electrons. The van der Waals surface area contributed by atoms with Gasteiger partial charge in [-0.3, -0.25) is 5.41 Å². The van der Waals surface area contributed by atoms with Crippen molar-refractivity contribution in [2.75, 3.05) is 0 Å². The maximum absolute atomic E-state index is 13.8. The van der Waals surface area contributed by atoms with E-state index < -0.39 is 5.82 Å². The largest absolute Gasteiger partial charge is 0.384 e. The van der Waals surface area contributed by atoms with Crippen LogP contribution in [0.3, 0.4) is 0 Å². The van der Waals surface area contributed by atoms with Crippen LogP contribution in [0, 0.1) is 17.0 Å². The number of nitrogens with one attached hydrogen (secondary N) is 1. The lowest BCUT2D eigenvalue weighted by atomic mass is 10.1. The maximum Gasteiger partial charge on any atom is 0.136 e. The van der Waals surface area contributed by atoms with E-state index in [1.165, 1.54) is 23.9 Å². The van der Waals surface area contributed by atoms with E-state index in [1.807, 2.05) is 0 Å².